The molecule has 2 aromatic carbocycles. The molecule has 0 spiro atoms. The summed E-state index contributed by atoms with van der Waals surface area (Å²) >= 11 is 0. The molecule has 0 aliphatic heterocycles. The van der Waals surface area contributed by atoms with Gasteiger partial charge in [0.2, 0.25) is 0 Å². The number of hydrogen-bond acceptors (Lipinski definition) is 1. The van der Waals surface area contributed by atoms with Gasteiger partial charge in [-0.15, -0.1) is 0 Å². The minimum atomic E-state index is -0.889. The van der Waals surface area contributed by atoms with Crippen molar-refractivity contribution in [1.29, 1.82) is 0 Å². The number of aromatic carboxylic acids is 1. The Kier molecular flexibility index (Phi) is 4.79. The number of benzene rings is 2. The van der Waals surface area contributed by atoms with E-state index in [1.807, 2.05) is 12.1 Å². The van der Waals surface area contributed by atoms with Crippen LogP contribution in [0.25, 0.3) is 6.08 Å². The van der Waals surface area contributed by atoms with Crippen LogP contribution in [-0.2, 0) is 17.3 Å². The molecule has 0 heterocycles. The highest BCUT2D eigenvalue weighted by molar-refractivity contribution is 5.87. The van der Waals surface area contributed by atoms with Crippen LogP contribution in [0, 0.1) is 0 Å². The lowest BCUT2D eigenvalue weighted by molar-refractivity contribution is 0.0697. The molecule has 26 heavy (non-hydrogen) atoms. The smallest absolute Gasteiger partial charge is 0.335 e. The zero-order valence-corrected chi connectivity index (χ0v) is 16.2. The molecule has 0 saturated heterocycles. The van der Waals surface area contributed by atoms with Crippen LogP contribution in [0.3, 0.4) is 0 Å². The number of fused-ring (bicyclic) bond motifs is 1. The van der Waals surface area contributed by atoms with Crippen molar-refractivity contribution in [3.63, 3.8) is 0 Å². The monoisotopic (exact) mass is 348 g/mol. The first kappa shape index (κ1) is 18.4. The summed E-state index contributed by atoms with van der Waals surface area (Å²) in [4.78, 5) is 10.9. The predicted octanol–water partition coefficient (Wildman–Crippen LogP) is 5.99. The molecule has 2 aromatic rings. The maximum absolute atomic E-state index is 10.9. The maximum atomic E-state index is 10.9. The quantitative estimate of drug-likeness (QED) is 0.737. The molecular formula is C24H28O2. The number of carbonyl (C=O) groups is 1. The van der Waals surface area contributed by atoms with Gasteiger partial charge in [0.05, 0.1) is 5.56 Å². The molecule has 1 aliphatic carbocycles. The van der Waals surface area contributed by atoms with E-state index in [1.165, 1.54) is 29.5 Å². The third kappa shape index (κ3) is 3.75. The first-order valence-corrected chi connectivity index (χ1v) is 9.33. The second-order valence-corrected chi connectivity index (χ2v) is 8.68. The zero-order chi connectivity index (χ0) is 18.9. The van der Waals surface area contributed by atoms with Crippen LogP contribution in [0.4, 0.5) is 0 Å². The SMILES string of the molecule is CC1(C)CCC(C)(C)c2cc(C/C=C\c3ccc(C(=O)O)cc3)ccc21. The third-order valence-corrected chi connectivity index (χ3v) is 5.74. The van der Waals surface area contributed by atoms with Crippen LogP contribution < -0.4 is 0 Å². The van der Waals surface area contributed by atoms with Crippen LogP contribution in [0.2, 0.25) is 0 Å². The van der Waals surface area contributed by atoms with Gasteiger partial charge >= 0.3 is 5.97 Å². The molecule has 0 saturated carbocycles. The zero-order valence-electron chi connectivity index (χ0n) is 16.2. The van der Waals surface area contributed by atoms with Crippen molar-refractivity contribution >= 4 is 12.0 Å². The van der Waals surface area contributed by atoms with Crippen molar-refractivity contribution in [2.45, 2.75) is 57.8 Å². The van der Waals surface area contributed by atoms with E-state index in [-0.39, 0.29) is 10.8 Å². The lowest BCUT2D eigenvalue weighted by Gasteiger charge is -2.42. The largest absolute Gasteiger partial charge is 0.478 e. The van der Waals surface area contributed by atoms with Crippen LogP contribution in [0.15, 0.2) is 48.5 Å². The highest BCUT2D eigenvalue weighted by atomic mass is 16.4. The van der Waals surface area contributed by atoms with Crippen LogP contribution in [0.5, 0.6) is 0 Å². The van der Waals surface area contributed by atoms with Gasteiger partial charge in [-0.1, -0.05) is 70.2 Å². The second kappa shape index (κ2) is 6.75. The fourth-order valence-corrected chi connectivity index (χ4v) is 3.83. The summed E-state index contributed by atoms with van der Waals surface area (Å²) in [6.45, 7) is 9.40. The molecule has 0 unspecified atom stereocenters. The molecular weight excluding hydrogens is 320 g/mol. The van der Waals surface area contributed by atoms with E-state index in [2.05, 4.69) is 58.0 Å². The maximum Gasteiger partial charge on any atom is 0.335 e. The second-order valence-electron chi connectivity index (χ2n) is 8.68. The van der Waals surface area contributed by atoms with Gasteiger partial charge in [-0.25, -0.2) is 4.79 Å². The Morgan fingerprint density at radius 2 is 1.58 bits per heavy atom. The summed E-state index contributed by atoms with van der Waals surface area (Å²) in [7, 11) is 0. The number of hydrogen-bond donors (Lipinski definition) is 1. The van der Waals surface area contributed by atoms with Crippen molar-refractivity contribution in [2.75, 3.05) is 0 Å². The molecule has 0 aromatic heterocycles. The molecule has 1 aliphatic rings. The van der Waals surface area contributed by atoms with E-state index in [9.17, 15) is 4.79 Å². The third-order valence-electron chi connectivity index (χ3n) is 5.74. The summed E-state index contributed by atoms with van der Waals surface area (Å²) in [5, 5.41) is 8.96. The van der Waals surface area contributed by atoms with Crippen LogP contribution >= 0.6 is 0 Å². The molecule has 0 fully saturated rings. The van der Waals surface area contributed by atoms with E-state index in [1.54, 1.807) is 12.1 Å². The van der Waals surface area contributed by atoms with Crippen molar-refractivity contribution in [1.82, 2.24) is 0 Å². The molecule has 1 N–H and O–H groups in total. The van der Waals surface area contributed by atoms with Crippen molar-refractivity contribution in [2.24, 2.45) is 0 Å². The first-order chi connectivity index (χ1) is 12.2. The molecule has 136 valence electrons. The average Bonchev–Trinajstić information content (AvgIpc) is 2.59. The highest BCUT2D eigenvalue weighted by Crippen LogP contribution is 2.45. The van der Waals surface area contributed by atoms with E-state index in [4.69, 9.17) is 5.11 Å². The van der Waals surface area contributed by atoms with Crippen molar-refractivity contribution in [3.8, 4) is 0 Å². The van der Waals surface area contributed by atoms with Crippen LogP contribution in [-0.4, -0.2) is 11.1 Å². The first-order valence-electron chi connectivity index (χ1n) is 9.33. The Bertz CT molecular complexity index is 839. The Morgan fingerprint density at radius 3 is 2.19 bits per heavy atom. The fourth-order valence-electron chi connectivity index (χ4n) is 3.83. The Labute approximate surface area is 156 Å². The normalized spacial score (nSPS) is 17.8. The summed E-state index contributed by atoms with van der Waals surface area (Å²) < 4.78 is 0. The number of allylic oxidation sites excluding steroid dienone is 1. The van der Waals surface area contributed by atoms with Gasteiger partial charge < -0.3 is 5.11 Å². The molecule has 0 amide bonds. The lowest BCUT2D eigenvalue weighted by Crippen LogP contribution is -2.33. The topological polar surface area (TPSA) is 37.3 Å². The van der Waals surface area contributed by atoms with Gasteiger partial charge in [0.15, 0.2) is 0 Å². The average molecular weight is 348 g/mol. The summed E-state index contributed by atoms with van der Waals surface area (Å²) in [6, 6.07) is 13.9. The molecule has 2 heteroatoms. The lowest BCUT2D eigenvalue weighted by atomic mass is 9.63. The number of carboxylic acid groups (broad SMARTS) is 1. The van der Waals surface area contributed by atoms with Gasteiger partial charge in [-0.3, -0.25) is 0 Å². The fraction of sp³-hybridized carbons (Fsp3) is 0.375. The van der Waals surface area contributed by atoms with E-state index < -0.39 is 5.97 Å². The van der Waals surface area contributed by atoms with E-state index in [0.717, 1.165) is 12.0 Å². The minimum Gasteiger partial charge on any atom is -0.478 e. The molecule has 0 bridgehead atoms. The van der Waals surface area contributed by atoms with Gasteiger partial charge in [0.1, 0.15) is 0 Å². The molecule has 0 radical (unpaired) electrons. The van der Waals surface area contributed by atoms with Gasteiger partial charge in [0.25, 0.3) is 0 Å². The van der Waals surface area contributed by atoms with Crippen molar-refractivity contribution in [3.05, 3.63) is 76.4 Å². The van der Waals surface area contributed by atoms with Gasteiger partial charge in [0, 0.05) is 0 Å². The highest BCUT2D eigenvalue weighted by Gasteiger charge is 2.36. The van der Waals surface area contributed by atoms with E-state index >= 15 is 0 Å². The number of carboxylic acids is 1. The van der Waals surface area contributed by atoms with Crippen molar-refractivity contribution < 1.29 is 9.90 Å². The van der Waals surface area contributed by atoms with Gasteiger partial charge in [-0.2, -0.15) is 0 Å². The Morgan fingerprint density at radius 1 is 0.962 bits per heavy atom. The standard InChI is InChI=1S/C24H28O2/c1-23(2)14-15-24(3,4)21-16-18(10-13-20(21)23)7-5-6-17-8-11-19(12-9-17)22(25)26/h5-6,8-13,16H,7,14-15H2,1-4H3,(H,25,26)/b6-5-. The minimum absolute atomic E-state index is 0.233. The summed E-state index contributed by atoms with van der Waals surface area (Å²) in [5.41, 5.74) is 6.14. The Balaban J connectivity index is 1.78. The van der Waals surface area contributed by atoms with Gasteiger partial charge in [-0.05, 0) is 64.5 Å². The summed E-state index contributed by atoms with van der Waals surface area (Å²) in [5.74, 6) is -0.889. The molecule has 0 atom stereocenters. The number of rotatable bonds is 4. The van der Waals surface area contributed by atoms with E-state index in [0.29, 0.717) is 5.56 Å². The summed E-state index contributed by atoms with van der Waals surface area (Å²) in [6.07, 6.45) is 7.55. The molecule has 3 rings (SSSR count). The predicted molar refractivity (Wildman–Crippen MR) is 108 cm³/mol. The van der Waals surface area contributed by atoms with Crippen LogP contribution in [0.1, 0.15) is 73.1 Å². The Hall–Kier alpha value is -2.35. The molecule has 2 nitrogen and oxygen atoms in total.